The van der Waals surface area contributed by atoms with Crippen LogP contribution in [0.2, 0.25) is 0 Å². The fourth-order valence-corrected chi connectivity index (χ4v) is 3.02. The molecule has 118 valence electrons. The second kappa shape index (κ2) is 8.14. The van der Waals surface area contributed by atoms with E-state index < -0.39 is 10.0 Å². The Bertz CT molecular complexity index is 570. The van der Waals surface area contributed by atoms with Crippen molar-refractivity contribution < 1.29 is 13.2 Å². The van der Waals surface area contributed by atoms with Crippen LogP contribution < -0.4 is 5.32 Å². The summed E-state index contributed by atoms with van der Waals surface area (Å²) in [5.74, 6) is -0.0921. The highest BCUT2D eigenvalue weighted by Crippen LogP contribution is 2.04. The van der Waals surface area contributed by atoms with E-state index >= 15 is 0 Å². The zero-order chi connectivity index (χ0) is 15.9. The summed E-state index contributed by atoms with van der Waals surface area (Å²) < 4.78 is 24.5. The van der Waals surface area contributed by atoms with E-state index in [4.69, 9.17) is 0 Å². The number of hydrogen-bond donors (Lipinski definition) is 1. The topological polar surface area (TPSA) is 66.5 Å². The van der Waals surface area contributed by atoms with Gasteiger partial charge in [-0.25, -0.2) is 12.7 Å². The molecule has 0 aliphatic carbocycles. The molecular weight excluding hydrogens is 288 g/mol. The van der Waals surface area contributed by atoms with Crippen molar-refractivity contribution in [3.8, 4) is 0 Å². The number of amides is 1. The van der Waals surface area contributed by atoms with Crippen molar-refractivity contribution in [2.24, 2.45) is 0 Å². The largest absolute Gasteiger partial charge is 0.354 e. The third-order valence-electron chi connectivity index (χ3n) is 3.07. The van der Waals surface area contributed by atoms with Gasteiger partial charge in [0, 0.05) is 19.6 Å². The molecule has 1 rings (SSSR count). The molecule has 0 radical (unpaired) electrons. The Hall–Kier alpha value is -1.40. The van der Waals surface area contributed by atoms with Crippen LogP contribution in [0.1, 0.15) is 24.5 Å². The van der Waals surface area contributed by atoms with Gasteiger partial charge in [0.1, 0.15) is 0 Å². The van der Waals surface area contributed by atoms with Crippen molar-refractivity contribution >= 4 is 15.9 Å². The lowest BCUT2D eigenvalue weighted by molar-refractivity contribution is -0.120. The van der Waals surface area contributed by atoms with E-state index in [0.29, 0.717) is 26.1 Å². The Morgan fingerprint density at radius 1 is 1.29 bits per heavy atom. The molecule has 0 unspecified atom stereocenters. The zero-order valence-electron chi connectivity index (χ0n) is 12.9. The SMILES string of the molecule is CCCN(CCNC(=O)Cc1cccc(C)c1)S(C)(=O)=O. The third-order valence-corrected chi connectivity index (χ3v) is 4.38. The van der Waals surface area contributed by atoms with Crippen LogP contribution in [-0.2, 0) is 21.2 Å². The number of carbonyl (C=O) groups excluding carboxylic acids is 1. The summed E-state index contributed by atoms with van der Waals surface area (Å²) in [5.41, 5.74) is 2.08. The average Bonchev–Trinajstić information content (AvgIpc) is 2.36. The van der Waals surface area contributed by atoms with Crippen LogP contribution in [0.15, 0.2) is 24.3 Å². The van der Waals surface area contributed by atoms with Crippen LogP contribution in [0, 0.1) is 6.92 Å². The summed E-state index contributed by atoms with van der Waals surface area (Å²) in [7, 11) is -3.21. The molecule has 21 heavy (non-hydrogen) atoms. The Morgan fingerprint density at radius 3 is 2.57 bits per heavy atom. The maximum Gasteiger partial charge on any atom is 0.224 e. The molecule has 0 heterocycles. The van der Waals surface area contributed by atoms with Gasteiger partial charge in [0.25, 0.3) is 0 Å². The summed E-state index contributed by atoms with van der Waals surface area (Å²) in [6.45, 7) is 5.03. The van der Waals surface area contributed by atoms with Crippen molar-refractivity contribution in [1.82, 2.24) is 9.62 Å². The van der Waals surface area contributed by atoms with Crippen molar-refractivity contribution in [1.29, 1.82) is 0 Å². The molecule has 0 fully saturated rings. The highest BCUT2D eigenvalue weighted by atomic mass is 32.2. The summed E-state index contributed by atoms with van der Waals surface area (Å²) in [6, 6.07) is 7.78. The van der Waals surface area contributed by atoms with Gasteiger partial charge >= 0.3 is 0 Å². The Kier molecular flexibility index (Phi) is 6.84. The van der Waals surface area contributed by atoms with E-state index in [1.807, 2.05) is 38.1 Å². The average molecular weight is 312 g/mol. The van der Waals surface area contributed by atoms with Crippen molar-refractivity contribution in [2.75, 3.05) is 25.9 Å². The first-order chi connectivity index (χ1) is 9.82. The first kappa shape index (κ1) is 17.7. The van der Waals surface area contributed by atoms with Crippen molar-refractivity contribution in [3.63, 3.8) is 0 Å². The minimum atomic E-state index is -3.21. The Balaban J connectivity index is 2.42. The van der Waals surface area contributed by atoms with Crippen LogP contribution in [-0.4, -0.2) is 44.5 Å². The molecule has 0 atom stereocenters. The first-order valence-corrected chi connectivity index (χ1v) is 8.95. The van der Waals surface area contributed by atoms with Crippen molar-refractivity contribution in [3.05, 3.63) is 35.4 Å². The standard InChI is InChI=1S/C15H24N2O3S/c1-4-9-17(21(3,19)20)10-8-16-15(18)12-14-7-5-6-13(2)11-14/h5-7,11H,4,8-10,12H2,1-3H3,(H,16,18). The Labute approximate surface area is 127 Å². The van der Waals surface area contributed by atoms with E-state index in [9.17, 15) is 13.2 Å². The quantitative estimate of drug-likeness (QED) is 0.787. The highest BCUT2D eigenvalue weighted by Gasteiger charge is 2.15. The van der Waals surface area contributed by atoms with Gasteiger partial charge < -0.3 is 5.32 Å². The lowest BCUT2D eigenvalue weighted by atomic mass is 10.1. The molecule has 1 aromatic rings. The minimum Gasteiger partial charge on any atom is -0.354 e. The summed E-state index contributed by atoms with van der Waals surface area (Å²) in [5, 5.41) is 2.77. The van der Waals surface area contributed by atoms with Gasteiger partial charge in [-0.15, -0.1) is 0 Å². The monoisotopic (exact) mass is 312 g/mol. The van der Waals surface area contributed by atoms with Crippen LogP contribution in [0.3, 0.4) is 0 Å². The number of hydrogen-bond acceptors (Lipinski definition) is 3. The molecule has 5 nitrogen and oxygen atoms in total. The van der Waals surface area contributed by atoms with Gasteiger partial charge in [-0.2, -0.15) is 0 Å². The van der Waals surface area contributed by atoms with Gasteiger partial charge in [0.15, 0.2) is 0 Å². The molecule has 6 heteroatoms. The number of carbonyl (C=O) groups is 1. The number of nitrogens with zero attached hydrogens (tertiary/aromatic N) is 1. The first-order valence-electron chi connectivity index (χ1n) is 7.10. The zero-order valence-corrected chi connectivity index (χ0v) is 13.7. The molecule has 0 aromatic heterocycles. The maximum atomic E-state index is 11.8. The van der Waals surface area contributed by atoms with E-state index in [0.717, 1.165) is 17.5 Å². The van der Waals surface area contributed by atoms with Gasteiger partial charge in [-0.05, 0) is 18.9 Å². The fraction of sp³-hybridized carbons (Fsp3) is 0.533. The molecule has 1 amide bonds. The number of nitrogens with one attached hydrogen (secondary N) is 1. The molecule has 0 saturated carbocycles. The van der Waals surface area contributed by atoms with E-state index in [2.05, 4.69) is 5.32 Å². The Morgan fingerprint density at radius 2 is 2.00 bits per heavy atom. The van der Waals surface area contributed by atoms with Gasteiger partial charge in [0.2, 0.25) is 15.9 Å². The third kappa shape index (κ3) is 6.73. The number of aryl methyl sites for hydroxylation is 1. The smallest absolute Gasteiger partial charge is 0.224 e. The normalized spacial score (nSPS) is 11.6. The summed E-state index contributed by atoms with van der Waals surface area (Å²) >= 11 is 0. The molecular formula is C15H24N2O3S. The number of sulfonamides is 1. The lowest BCUT2D eigenvalue weighted by Crippen LogP contribution is -2.38. The highest BCUT2D eigenvalue weighted by molar-refractivity contribution is 7.88. The van der Waals surface area contributed by atoms with Crippen molar-refractivity contribution in [2.45, 2.75) is 26.7 Å². The molecule has 0 aliphatic rings. The molecule has 0 bridgehead atoms. The molecule has 1 aromatic carbocycles. The predicted molar refractivity (Wildman–Crippen MR) is 84.6 cm³/mol. The van der Waals surface area contributed by atoms with Crippen LogP contribution in [0.5, 0.6) is 0 Å². The number of benzene rings is 1. The summed E-state index contributed by atoms with van der Waals surface area (Å²) in [4.78, 5) is 11.8. The van der Waals surface area contributed by atoms with Crippen LogP contribution >= 0.6 is 0 Å². The van der Waals surface area contributed by atoms with E-state index in [1.165, 1.54) is 10.6 Å². The lowest BCUT2D eigenvalue weighted by Gasteiger charge is -2.19. The number of rotatable bonds is 8. The fourth-order valence-electron chi connectivity index (χ4n) is 2.08. The summed E-state index contributed by atoms with van der Waals surface area (Å²) in [6.07, 6.45) is 2.26. The molecule has 0 saturated heterocycles. The second-order valence-corrected chi connectivity index (χ2v) is 7.16. The second-order valence-electron chi connectivity index (χ2n) is 5.18. The predicted octanol–water partition coefficient (Wildman–Crippen LogP) is 1.33. The minimum absolute atomic E-state index is 0.0921. The van der Waals surface area contributed by atoms with Gasteiger partial charge in [0.05, 0.1) is 12.7 Å². The van der Waals surface area contributed by atoms with Gasteiger partial charge in [-0.3, -0.25) is 4.79 Å². The van der Waals surface area contributed by atoms with E-state index in [1.54, 1.807) is 0 Å². The van der Waals surface area contributed by atoms with Crippen LogP contribution in [0.4, 0.5) is 0 Å². The molecule has 0 aliphatic heterocycles. The van der Waals surface area contributed by atoms with Gasteiger partial charge in [-0.1, -0.05) is 36.8 Å². The molecule has 1 N–H and O–H groups in total. The molecule has 0 spiro atoms. The van der Waals surface area contributed by atoms with Crippen LogP contribution in [0.25, 0.3) is 0 Å². The van der Waals surface area contributed by atoms with E-state index in [-0.39, 0.29) is 5.91 Å². The maximum absolute atomic E-state index is 11.8.